The van der Waals surface area contributed by atoms with Crippen molar-refractivity contribution in [3.63, 3.8) is 0 Å². The van der Waals surface area contributed by atoms with Crippen LogP contribution < -0.4 is 4.74 Å². The summed E-state index contributed by atoms with van der Waals surface area (Å²) >= 11 is 1.60. The predicted molar refractivity (Wildman–Crippen MR) is 103 cm³/mol. The molecule has 0 radical (unpaired) electrons. The normalized spacial score (nSPS) is 27.8. The van der Waals surface area contributed by atoms with E-state index < -0.39 is 37.3 Å². The number of ether oxygens (including phenoxy) is 2. The van der Waals surface area contributed by atoms with Crippen molar-refractivity contribution in [1.82, 2.24) is 4.98 Å². The Balaban J connectivity index is 1.56. The maximum absolute atomic E-state index is 10.2. The van der Waals surface area contributed by atoms with Gasteiger partial charge in [0, 0.05) is 12.0 Å². The Morgan fingerprint density at radius 3 is 2.50 bits per heavy atom. The molecule has 3 aromatic rings. The third kappa shape index (κ3) is 3.75. The van der Waals surface area contributed by atoms with E-state index in [1.807, 2.05) is 36.4 Å². The fourth-order valence-corrected chi connectivity index (χ4v) is 4.20. The second-order valence-electron chi connectivity index (χ2n) is 6.67. The molecule has 0 spiro atoms. The Kier molecular flexibility index (Phi) is 5.58. The topological polar surface area (TPSA) is 112 Å². The molecule has 0 unspecified atom stereocenters. The van der Waals surface area contributed by atoms with Crippen LogP contribution >= 0.6 is 11.3 Å². The average molecular weight is 403 g/mol. The van der Waals surface area contributed by atoms with Gasteiger partial charge >= 0.3 is 0 Å². The number of hydrogen-bond donors (Lipinski definition) is 4. The van der Waals surface area contributed by atoms with Crippen LogP contribution in [-0.4, -0.2) is 62.7 Å². The van der Waals surface area contributed by atoms with E-state index in [4.69, 9.17) is 9.47 Å². The van der Waals surface area contributed by atoms with Gasteiger partial charge in [-0.1, -0.05) is 30.3 Å². The Bertz CT molecular complexity index is 912. The molecule has 1 aliphatic rings. The summed E-state index contributed by atoms with van der Waals surface area (Å²) in [5.74, 6) is 0.478. The number of aliphatic hydroxyl groups is 4. The van der Waals surface area contributed by atoms with E-state index in [2.05, 4.69) is 4.98 Å². The lowest BCUT2D eigenvalue weighted by Gasteiger charge is -2.39. The summed E-state index contributed by atoms with van der Waals surface area (Å²) < 4.78 is 12.4. The zero-order chi connectivity index (χ0) is 19.7. The van der Waals surface area contributed by atoms with Crippen LogP contribution in [0.3, 0.4) is 0 Å². The lowest BCUT2D eigenvalue weighted by Crippen LogP contribution is -2.60. The molecule has 0 saturated carbocycles. The number of fused-ring (bicyclic) bond motifs is 1. The van der Waals surface area contributed by atoms with Crippen LogP contribution in [0.5, 0.6) is 5.75 Å². The largest absolute Gasteiger partial charge is 0.462 e. The highest BCUT2D eigenvalue weighted by Crippen LogP contribution is 2.30. The van der Waals surface area contributed by atoms with E-state index in [9.17, 15) is 20.4 Å². The molecule has 0 bridgehead atoms. The van der Waals surface area contributed by atoms with Gasteiger partial charge in [-0.2, -0.15) is 0 Å². The second kappa shape index (κ2) is 8.12. The highest BCUT2D eigenvalue weighted by molar-refractivity contribution is 7.18. The third-order valence-corrected chi connectivity index (χ3v) is 5.78. The number of rotatable bonds is 5. The first-order chi connectivity index (χ1) is 13.6. The lowest BCUT2D eigenvalue weighted by molar-refractivity contribution is -0.277. The number of benzene rings is 2. The Hall–Kier alpha value is -2.07. The minimum absolute atomic E-state index is 0.478. The molecular formula is C20H21NO6S. The van der Waals surface area contributed by atoms with Crippen molar-refractivity contribution < 1.29 is 29.9 Å². The molecule has 2 aromatic carbocycles. The molecule has 0 amide bonds. The molecule has 1 fully saturated rings. The molecule has 5 atom stereocenters. The van der Waals surface area contributed by atoms with E-state index in [1.165, 1.54) is 0 Å². The predicted octanol–water partition coefficient (Wildman–Crippen LogP) is 1.07. The van der Waals surface area contributed by atoms with Crippen LogP contribution in [0.2, 0.25) is 0 Å². The van der Waals surface area contributed by atoms with Crippen LogP contribution in [0.15, 0.2) is 48.5 Å². The molecule has 148 valence electrons. The molecule has 1 aliphatic heterocycles. The van der Waals surface area contributed by atoms with Gasteiger partial charge in [0.15, 0.2) is 0 Å². The molecule has 8 heteroatoms. The van der Waals surface area contributed by atoms with Crippen molar-refractivity contribution in [1.29, 1.82) is 0 Å². The van der Waals surface area contributed by atoms with Gasteiger partial charge < -0.3 is 29.9 Å². The first-order valence-electron chi connectivity index (χ1n) is 8.96. The lowest BCUT2D eigenvalue weighted by atomic mass is 9.99. The molecule has 1 saturated heterocycles. The van der Waals surface area contributed by atoms with Gasteiger partial charge in [-0.05, 0) is 18.2 Å². The summed E-state index contributed by atoms with van der Waals surface area (Å²) in [6.07, 6.45) is -6.04. The van der Waals surface area contributed by atoms with Crippen LogP contribution in [-0.2, 0) is 11.2 Å². The number of aliphatic hydroxyl groups excluding tert-OH is 4. The monoisotopic (exact) mass is 403 g/mol. The molecule has 0 aliphatic carbocycles. The molecular weight excluding hydrogens is 382 g/mol. The van der Waals surface area contributed by atoms with E-state index in [-0.39, 0.29) is 0 Å². The van der Waals surface area contributed by atoms with Crippen molar-refractivity contribution >= 4 is 21.6 Å². The zero-order valence-electron chi connectivity index (χ0n) is 14.9. The first-order valence-corrected chi connectivity index (χ1v) is 9.78. The van der Waals surface area contributed by atoms with Crippen molar-refractivity contribution in [2.24, 2.45) is 0 Å². The summed E-state index contributed by atoms with van der Waals surface area (Å²) in [4.78, 5) is 4.63. The van der Waals surface area contributed by atoms with Gasteiger partial charge in [-0.3, -0.25) is 0 Å². The number of thiazole rings is 1. The van der Waals surface area contributed by atoms with Gasteiger partial charge in [0.2, 0.25) is 6.29 Å². The summed E-state index contributed by atoms with van der Waals surface area (Å²) in [6, 6.07) is 15.2. The highest BCUT2D eigenvalue weighted by Gasteiger charge is 2.44. The zero-order valence-corrected chi connectivity index (χ0v) is 15.7. The third-order valence-electron chi connectivity index (χ3n) is 4.74. The van der Waals surface area contributed by atoms with Crippen LogP contribution in [0, 0.1) is 0 Å². The van der Waals surface area contributed by atoms with Crippen molar-refractivity contribution in [3.05, 3.63) is 59.1 Å². The van der Waals surface area contributed by atoms with Crippen molar-refractivity contribution in [2.75, 3.05) is 6.61 Å². The summed E-state index contributed by atoms with van der Waals surface area (Å²) in [7, 11) is 0. The number of nitrogens with zero attached hydrogens (tertiary/aromatic N) is 1. The van der Waals surface area contributed by atoms with E-state index >= 15 is 0 Å². The number of hydrogen-bond acceptors (Lipinski definition) is 8. The van der Waals surface area contributed by atoms with E-state index in [0.29, 0.717) is 12.2 Å². The minimum Gasteiger partial charge on any atom is -0.462 e. The van der Waals surface area contributed by atoms with Crippen molar-refractivity contribution in [3.8, 4) is 5.75 Å². The van der Waals surface area contributed by atoms with Crippen LogP contribution in [0.4, 0.5) is 0 Å². The fraction of sp³-hybridized carbons (Fsp3) is 0.350. The van der Waals surface area contributed by atoms with Gasteiger partial charge in [0.25, 0.3) is 0 Å². The SMILES string of the molecule is OC[C@H]1O[C@@H](Oc2ccccc2Cc2nc3ccccc3s2)[C@H](O)[C@@H](O)[C@@H]1O. The van der Waals surface area contributed by atoms with E-state index in [1.54, 1.807) is 23.5 Å². The maximum atomic E-state index is 10.2. The van der Waals surface area contributed by atoms with Gasteiger partial charge in [0.1, 0.15) is 30.2 Å². The minimum atomic E-state index is -1.48. The van der Waals surface area contributed by atoms with Gasteiger partial charge in [-0.25, -0.2) is 4.98 Å². The molecule has 7 nitrogen and oxygen atoms in total. The van der Waals surface area contributed by atoms with Crippen LogP contribution in [0.1, 0.15) is 10.6 Å². The van der Waals surface area contributed by atoms with Gasteiger partial charge in [0.05, 0.1) is 21.8 Å². The summed E-state index contributed by atoms with van der Waals surface area (Å²) in [6.45, 7) is -0.502. The molecule has 1 aromatic heterocycles. The molecule has 4 N–H and O–H groups in total. The molecule has 4 rings (SSSR count). The second-order valence-corrected chi connectivity index (χ2v) is 7.79. The highest BCUT2D eigenvalue weighted by atomic mass is 32.1. The average Bonchev–Trinajstić information content (AvgIpc) is 3.12. The summed E-state index contributed by atoms with van der Waals surface area (Å²) in [5.41, 5.74) is 1.79. The number of para-hydroxylation sites is 2. The Morgan fingerprint density at radius 2 is 1.71 bits per heavy atom. The van der Waals surface area contributed by atoms with Crippen molar-refractivity contribution in [2.45, 2.75) is 37.1 Å². The smallest absolute Gasteiger partial charge is 0.229 e. The van der Waals surface area contributed by atoms with E-state index in [0.717, 1.165) is 20.8 Å². The van der Waals surface area contributed by atoms with Gasteiger partial charge in [-0.15, -0.1) is 11.3 Å². The fourth-order valence-electron chi connectivity index (χ4n) is 3.21. The molecule has 28 heavy (non-hydrogen) atoms. The molecule has 2 heterocycles. The summed E-state index contributed by atoms with van der Waals surface area (Å²) in [5, 5.41) is 40.3. The maximum Gasteiger partial charge on any atom is 0.229 e. The quantitative estimate of drug-likeness (QED) is 0.504. The van der Waals surface area contributed by atoms with Crippen LogP contribution in [0.25, 0.3) is 10.2 Å². The number of aromatic nitrogens is 1. The standard InChI is InChI=1S/C20H21NO6S/c22-10-14-17(23)18(24)19(25)20(27-14)26-13-7-3-1-5-11(13)9-16-21-12-6-2-4-8-15(12)28-16/h1-8,14,17-20,22-25H,9-10H2/t14-,17-,18+,19-,20-/m1/s1. The Morgan fingerprint density at radius 1 is 0.964 bits per heavy atom. The first kappa shape index (κ1) is 19.3. The Labute approximate surface area is 165 Å².